The molecule has 0 saturated heterocycles. The van der Waals surface area contributed by atoms with Crippen LogP contribution in [0.15, 0.2) is 24.3 Å². The Morgan fingerprint density at radius 1 is 0.880 bits per heavy atom. The van der Waals surface area contributed by atoms with Crippen LogP contribution < -0.4 is 9.47 Å². The third kappa shape index (κ3) is 4.07. The second-order valence-electron chi connectivity index (χ2n) is 5.01. The maximum absolute atomic E-state index is 13.5. The number of halogens is 5. The molecule has 8 heteroatoms. The van der Waals surface area contributed by atoms with Crippen molar-refractivity contribution in [2.75, 3.05) is 6.61 Å². The molecule has 0 aliphatic heterocycles. The number of carbonyl (C=O) groups is 1. The van der Waals surface area contributed by atoms with Gasteiger partial charge in [0.15, 0.2) is 0 Å². The van der Waals surface area contributed by atoms with Crippen molar-refractivity contribution < 1.29 is 36.2 Å². The molecule has 0 aliphatic rings. The van der Waals surface area contributed by atoms with Gasteiger partial charge in [-0.3, -0.25) is 0 Å². The third-order valence-electron chi connectivity index (χ3n) is 3.22. The zero-order valence-corrected chi connectivity index (χ0v) is 13.0. The van der Waals surface area contributed by atoms with Crippen LogP contribution >= 0.6 is 0 Å². The first kappa shape index (κ1) is 18.7. The fourth-order valence-electron chi connectivity index (χ4n) is 1.85. The van der Waals surface area contributed by atoms with Gasteiger partial charge in [0, 0.05) is 0 Å². The van der Waals surface area contributed by atoms with Gasteiger partial charge >= 0.3 is 5.97 Å². The molecule has 134 valence electrons. The zero-order chi connectivity index (χ0) is 18.6. The second-order valence-corrected chi connectivity index (χ2v) is 5.01. The molecule has 0 aliphatic carbocycles. The van der Waals surface area contributed by atoms with E-state index in [1.807, 2.05) is 6.92 Å². The molecule has 25 heavy (non-hydrogen) atoms. The van der Waals surface area contributed by atoms with Crippen molar-refractivity contribution in [3.05, 3.63) is 58.9 Å². The molecule has 3 nitrogen and oxygen atoms in total. The number of hydrogen-bond donors (Lipinski definition) is 0. The quantitative estimate of drug-likeness (QED) is 0.186. The van der Waals surface area contributed by atoms with Crippen LogP contribution in [-0.4, -0.2) is 12.6 Å². The van der Waals surface area contributed by atoms with E-state index in [2.05, 4.69) is 4.74 Å². The molecule has 0 fully saturated rings. The van der Waals surface area contributed by atoms with Crippen LogP contribution in [0.5, 0.6) is 11.5 Å². The summed E-state index contributed by atoms with van der Waals surface area (Å²) in [5, 5.41) is 0. The molecule has 2 aromatic carbocycles. The van der Waals surface area contributed by atoms with E-state index < -0.39 is 40.8 Å². The van der Waals surface area contributed by atoms with Crippen molar-refractivity contribution in [1.82, 2.24) is 0 Å². The Morgan fingerprint density at radius 3 is 1.92 bits per heavy atom. The van der Waals surface area contributed by atoms with Crippen molar-refractivity contribution in [2.45, 2.75) is 19.8 Å². The van der Waals surface area contributed by atoms with Crippen LogP contribution in [0.4, 0.5) is 22.0 Å². The van der Waals surface area contributed by atoms with Crippen LogP contribution in [0.25, 0.3) is 0 Å². The highest BCUT2D eigenvalue weighted by Crippen LogP contribution is 2.29. The van der Waals surface area contributed by atoms with Crippen molar-refractivity contribution in [3.63, 3.8) is 0 Å². The van der Waals surface area contributed by atoms with Gasteiger partial charge in [0.05, 0.1) is 12.2 Å². The van der Waals surface area contributed by atoms with Gasteiger partial charge in [-0.1, -0.05) is 13.3 Å². The first-order valence-electron chi connectivity index (χ1n) is 7.33. The summed E-state index contributed by atoms with van der Waals surface area (Å²) in [6, 6.07) is 5.33. The minimum Gasteiger partial charge on any atom is -0.494 e. The Hall–Kier alpha value is -2.64. The van der Waals surface area contributed by atoms with Gasteiger partial charge in [-0.15, -0.1) is 0 Å². The fourth-order valence-corrected chi connectivity index (χ4v) is 1.85. The van der Waals surface area contributed by atoms with E-state index in [-0.39, 0.29) is 5.56 Å². The highest BCUT2D eigenvalue weighted by Gasteiger charge is 2.28. The molecule has 0 aromatic heterocycles. The van der Waals surface area contributed by atoms with Crippen molar-refractivity contribution in [1.29, 1.82) is 0 Å². The summed E-state index contributed by atoms with van der Waals surface area (Å²) in [6.45, 7) is 2.46. The number of ether oxygens (including phenoxy) is 2. The van der Waals surface area contributed by atoms with E-state index in [1.165, 1.54) is 24.3 Å². The minimum atomic E-state index is -2.33. The average molecular weight is 360 g/mol. The van der Waals surface area contributed by atoms with E-state index in [0.717, 1.165) is 12.8 Å². The van der Waals surface area contributed by atoms with Crippen LogP contribution in [0.3, 0.4) is 0 Å². The number of rotatable bonds is 6. The number of unbranched alkanes of at least 4 members (excludes halogenated alkanes) is 1. The summed E-state index contributed by atoms with van der Waals surface area (Å²) in [5.41, 5.74) is -0.146. The molecule has 0 radical (unpaired) electrons. The SMILES string of the molecule is CCCCOc1ccc(C(=O)Oc2c(F)c(F)c(F)c(F)c2F)cc1. The monoisotopic (exact) mass is 360 g/mol. The molecular formula is C17H13F5O3. The first-order valence-corrected chi connectivity index (χ1v) is 7.33. The molecule has 0 amide bonds. The standard InChI is InChI=1S/C17H13F5O3/c1-2-3-8-24-10-6-4-9(5-7-10)17(23)25-16-14(21)12(19)11(18)13(20)15(16)22/h4-7H,2-3,8H2,1H3. The molecule has 0 N–H and O–H groups in total. The summed E-state index contributed by atoms with van der Waals surface area (Å²) in [5.74, 6) is -13.6. The lowest BCUT2D eigenvalue weighted by Crippen LogP contribution is -2.13. The van der Waals surface area contributed by atoms with Crippen molar-refractivity contribution >= 4 is 5.97 Å². The normalized spacial score (nSPS) is 10.6. The third-order valence-corrected chi connectivity index (χ3v) is 3.22. The molecule has 2 aromatic rings. The van der Waals surface area contributed by atoms with Crippen LogP contribution in [0.1, 0.15) is 30.1 Å². The number of benzene rings is 2. The predicted molar refractivity (Wildman–Crippen MR) is 78.0 cm³/mol. The lowest BCUT2D eigenvalue weighted by atomic mass is 10.2. The molecule has 0 saturated carbocycles. The van der Waals surface area contributed by atoms with Gasteiger partial charge in [0.2, 0.25) is 34.8 Å². The first-order chi connectivity index (χ1) is 11.9. The predicted octanol–water partition coefficient (Wildman–Crippen LogP) is 4.78. The molecule has 0 spiro atoms. The topological polar surface area (TPSA) is 35.5 Å². The molecule has 0 unspecified atom stereocenters. The Labute approximate surface area is 140 Å². The largest absolute Gasteiger partial charge is 0.494 e. The van der Waals surface area contributed by atoms with Gasteiger partial charge in [-0.25, -0.2) is 18.0 Å². The maximum Gasteiger partial charge on any atom is 0.343 e. The number of hydrogen-bond acceptors (Lipinski definition) is 3. The van der Waals surface area contributed by atoms with Gasteiger partial charge in [0.1, 0.15) is 5.75 Å². The van der Waals surface area contributed by atoms with Gasteiger partial charge in [-0.05, 0) is 30.7 Å². The Morgan fingerprint density at radius 2 is 1.40 bits per heavy atom. The highest BCUT2D eigenvalue weighted by atomic mass is 19.2. The second kappa shape index (κ2) is 7.96. The average Bonchev–Trinajstić information content (AvgIpc) is 2.62. The number of esters is 1. The Balaban J connectivity index is 2.18. The van der Waals surface area contributed by atoms with Crippen molar-refractivity contribution in [2.24, 2.45) is 0 Å². The molecule has 0 bridgehead atoms. The van der Waals surface area contributed by atoms with E-state index in [1.54, 1.807) is 0 Å². The molecular weight excluding hydrogens is 347 g/mol. The molecule has 0 atom stereocenters. The number of carbonyl (C=O) groups excluding carboxylic acids is 1. The zero-order valence-electron chi connectivity index (χ0n) is 13.0. The van der Waals surface area contributed by atoms with Crippen LogP contribution in [0.2, 0.25) is 0 Å². The smallest absolute Gasteiger partial charge is 0.343 e. The van der Waals surface area contributed by atoms with E-state index >= 15 is 0 Å². The summed E-state index contributed by atoms with van der Waals surface area (Å²) in [6.07, 6.45) is 1.77. The van der Waals surface area contributed by atoms with E-state index in [4.69, 9.17) is 4.74 Å². The highest BCUT2D eigenvalue weighted by molar-refractivity contribution is 5.91. The molecule has 0 heterocycles. The van der Waals surface area contributed by atoms with Crippen LogP contribution in [0, 0.1) is 29.1 Å². The molecule has 2 rings (SSSR count). The Bertz CT molecular complexity index is 746. The lowest BCUT2D eigenvalue weighted by molar-refractivity contribution is 0.0716. The Kier molecular flexibility index (Phi) is 5.95. The summed E-state index contributed by atoms with van der Waals surface area (Å²) < 4.78 is 75.8. The van der Waals surface area contributed by atoms with E-state index in [9.17, 15) is 26.7 Å². The fraction of sp³-hybridized carbons (Fsp3) is 0.235. The maximum atomic E-state index is 13.5. The van der Waals surface area contributed by atoms with Gasteiger partial charge < -0.3 is 9.47 Å². The summed E-state index contributed by atoms with van der Waals surface area (Å²) in [7, 11) is 0. The lowest BCUT2D eigenvalue weighted by Gasteiger charge is -2.09. The minimum absolute atomic E-state index is 0.146. The van der Waals surface area contributed by atoms with Gasteiger partial charge in [0.25, 0.3) is 0 Å². The summed E-state index contributed by atoms with van der Waals surface area (Å²) in [4.78, 5) is 11.9. The van der Waals surface area contributed by atoms with Crippen molar-refractivity contribution in [3.8, 4) is 11.5 Å². The van der Waals surface area contributed by atoms with Crippen LogP contribution in [-0.2, 0) is 0 Å². The van der Waals surface area contributed by atoms with E-state index in [0.29, 0.717) is 12.4 Å². The van der Waals surface area contributed by atoms with Gasteiger partial charge in [-0.2, -0.15) is 8.78 Å². The summed E-state index contributed by atoms with van der Waals surface area (Å²) >= 11 is 0.